The van der Waals surface area contributed by atoms with Crippen molar-refractivity contribution in [1.29, 1.82) is 0 Å². The van der Waals surface area contributed by atoms with E-state index in [0.29, 0.717) is 12.3 Å². The number of allylic oxidation sites excluding steroid dienone is 2. The Morgan fingerprint density at radius 1 is 1.24 bits per heavy atom. The van der Waals surface area contributed by atoms with Crippen LogP contribution in [0.25, 0.3) is 0 Å². The monoisotopic (exact) mass is 348 g/mol. The Balaban J connectivity index is 1.64. The van der Waals surface area contributed by atoms with Gasteiger partial charge in [0.1, 0.15) is 6.10 Å². The second-order valence-corrected chi connectivity index (χ2v) is 9.27. The number of hydrogen-bond acceptors (Lipinski definition) is 4. The average molecular weight is 348 g/mol. The van der Waals surface area contributed by atoms with Crippen LogP contribution < -0.4 is 0 Å². The van der Waals surface area contributed by atoms with Crippen LogP contribution in [0.3, 0.4) is 0 Å². The highest BCUT2D eigenvalue weighted by Gasteiger charge is 2.68. The van der Waals surface area contributed by atoms with Crippen LogP contribution in [0, 0.1) is 17.3 Å². The molecule has 1 N–H and O–H groups in total. The van der Waals surface area contributed by atoms with Gasteiger partial charge in [-0.3, -0.25) is 4.79 Å². The van der Waals surface area contributed by atoms with Gasteiger partial charge >= 0.3 is 5.97 Å². The highest BCUT2D eigenvalue weighted by molar-refractivity contribution is 5.82. The van der Waals surface area contributed by atoms with Gasteiger partial charge in [-0.1, -0.05) is 18.6 Å². The Morgan fingerprint density at radius 2 is 2.00 bits per heavy atom. The van der Waals surface area contributed by atoms with Crippen LogP contribution in [0.15, 0.2) is 11.6 Å². The minimum Gasteiger partial charge on any atom is -0.459 e. The highest BCUT2D eigenvalue weighted by atomic mass is 16.6. The van der Waals surface area contributed by atoms with Crippen molar-refractivity contribution in [3.05, 3.63) is 11.6 Å². The van der Waals surface area contributed by atoms with Gasteiger partial charge in [0, 0.05) is 5.92 Å². The third-order valence-electron chi connectivity index (χ3n) is 7.29. The van der Waals surface area contributed by atoms with Crippen molar-refractivity contribution in [1.82, 2.24) is 0 Å². The van der Waals surface area contributed by atoms with Crippen LogP contribution in [0.4, 0.5) is 0 Å². The molecule has 0 aromatic carbocycles. The van der Waals surface area contributed by atoms with Crippen molar-refractivity contribution in [2.45, 2.75) is 96.1 Å². The van der Waals surface area contributed by atoms with Crippen LogP contribution in [0.5, 0.6) is 0 Å². The van der Waals surface area contributed by atoms with Gasteiger partial charge in [-0.25, -0.2) is 0 Å². The smallest absolute Gasteiger partial charge is 0.312 e. The van der Waals surface area contributed by atoms with E-state index in [4.69, 9.17) is 9.47 Å². The first-order valence-corrected chi connectivity index (χ1v) is 10.1. The summed E-state index contributed by atoms with van der Waals surface area (Å²) in [5.41, 5.74) is 0.298. The van der Waals surface area contributed by atoms with Crippen molar-refractivity contribution in [2.24, 2.45) is 17.3 Å². The molecule has 1 aliphatic carbocycles. The first-order chi connectivity index (χ1) is 11.8. The van der Waals surface area contributed by atoms with Crippen molar-refractivity contribution < 1.29 is 19.4 Å². The Labute approximate surface area is 151 Å². The minimum atomic E-state index is -0.860. The van der Waals surface area contributed by atoms with E-state index in [0.717, 1.165) is 44.9 Å². The Hall–Kier alpha value is -0.870. The second kappa shape index (κ2) is 6.09. The van der Waals surface area contributed by atoms with Crippen LogP contribution in [0.2, 0.25) is 0 Å². The third kappa shape index (κ3) is 2.95. The fraction of sp³-hybridized carbons (Fsp3) is 0.857. The summed E-state index contributed by atoms with van der Waals surface area (Å²) in [6.45, 7) is 6.31. The molecule has 0 aromatic heterocycles. The van der Waals surface area contributed by atoms with E-state index in [9.17, 15) is 9.90 Å². The van der Waals surface area contributed by atoms with Crippen LogP contribution in [-0.4, -0.2) is 35.0 Å². The molecule has 0 amide bonds. The maximum absolute atomic E-state index is 12.5. The SMILES string of the molecule is C/C1=C\CC[C@@](C)(O)[C@@H]2CC3[C@@H](OC(=O)C34CC4)[C@@H](O2)[C@H](C)CCC1. The van der Waals surface area contributed by atoms with E-state index in [-0.39, 0.29) is 35.6 Å². The topological polar surface area (TPSA) is 55.8 Å². The standard InChI is InChI=1S/C21H32O4/c1-13-6-4-8-14(2)17-18-15(21(10-11-21)19(22)25-18)12-16(24-17)20(3,23)9-5-7-13/h7,14-18,23H,4-6,8-12H2,1-3H3/b13-7+/t14-,15?,16+,17+,18-,20-/m1/s1. The largest absolute Gasteiger partial charge is 0.459 e. The van der Waals surface area contributed by atoms with Crippen molar-refractivity contribution in [2.75, 3.05) is 0 Å². The molecule has 0 aromatic rings. The van der Waals surface area contributed by atoms with Gasteiger partial charge in [0.2, 0.25) is 0 Å². The molecule has 3 heterocycles. The molecule has 140 valence electrons. The van der Waals surface area contributed by atoms with Gasteiger partial charge in [0.15, 0.2) is 0 Å². The summed E-state index contributed by atoms with van der Waals surface area (Å²) in [6.07, 6.45) is 9.41. The first-order valence-electron chi connectivity index (χ1n) is 10.1. The summed E-state index contributed by atoms with van der Waals surface area (Å²) >= 11 is 0. The van der Waals surface area contributed by atoms with E-state index >= 15 is 0 Å². The van der Waals surface area contributed by atoms with E-state index in [1.54, 1.807) is 0 Å². The van der Waals surface area contributed by atoms with E-state index in [1.165, 1.54) is 5.57 Å². The molecule has 2 saturated heterocycles. The van der Waals surface area contributed by atoms with Gasteiger partial charge in [0.25, 0.3) is 0 Å². The summed E-state index contributed by atoms with van der Waals surface area (Å²) in [4.78, 5) is 12.5. The number of carbonyl (C=O) groups is 1. The molecule has 1 unspecified atom stereocenters. The zero-order chi connectivity index (χ0) is 17.8. The number of ether oxygens (including phenoxy) is 2. The Bertz CT molecular complexity index is 574. The third-order valence-corrected chi connectivity index (χ3v) is 7.29. The summed E-state index contributed by atoms with van der Waals surface area (Å²) in [5, 5.41) is 11.1. The predicted molar refractivity (Wildman–Crippen MR) is 94.9 cm³/mol. The molecule has 2 bridgehead atoms. The van der Waals surface area contributed by atoms with Crippen molar-refractivity contribution >= 4 is 5.97 Å². The summed E-state index contributed by atoms with van der Waals surface area (Å²) in [6, 6.07) is 0. The molecule has 1 spiro atoms. The van der Waals surface area contributed by atoms with Gasteiger partial charge in [-0.05, 0) is 71.1 Å². The normalized spacial score (nSPS) is 48.6. The van der Waals surface area contributed by atoms with Gasteiger partial charge in [-0.15, -0.1) is 0 Å². The van der Waals surface area contributed by atoms with Gasteiger partial charge in [0.05, 0.1) is 23.2 Å². The van der Waals surface area contributed by atoms with Gasteiger partial charge in [-0.2, -0.15) is 0 Å². The van der Waals surface area contributed by atoms with Crippen molar-refractivity contribution in [3.8, 4) is 0 Å². The lowest BCUT2D eigenvalue weighted by Crippen LogP contribution is -2.55. The number of fused-ring (bicyclic) bond motifs is 5. The number of esters is 1. The molecule has 3 fully saturated rings. The molecular weight excluding hydrogens is 316 g/mol. The van der Waals surface area contributed by atoms with E-state index in [1.807, 2.05) is 6.92 Å². The lowest BCUT2D eigenvalue weighted by Gasteiger charge is -2.46. The van der Waals surface area contributed by atoms with Crippen LogP contribution >= 0.6 is 0 Å². The lowest BCUT2D eigenvalue weighted by molar-refractivity contribution is -0.210. The molecule has 4 rings (SSSR count). The quantitative estimate of drug-likeness (QED) is 0.535. The molecular formula is C21H32O4. The lowest BCUT2D eigenvalue weighted by atomic mass is 9.73. The van der Waals surface area contributed by atoms with E-state index < -0.39 is 5.60 Å². The molecule has 4 heteroatoms. The number of hydrogen-bond donors (Lipinski definition) is 1. The zero-order valence-corrected chi connectivity index (χ0v) is 15.8. The van der Waals surface area contributed by atoms with Crippen LogP contribution in [-0.2, 0) is 14.3 Å². The summed E-state index contributed by atoms with van der Waals surface area (Å²) in [5.74, 6) is 0.545. The Morgan fingerprint density at radius 3 is 2.72 bits per heavy atom. The fourth-order valence-corrected chi connectivity index (χ4v) is 5.31. The second-order valence-electron chi connectivity index (χ2n) is 9.27. The van der Waals surface area contributed by atoms with Crippen molar-refractivity contribution in [3.63, 3.8) is 0 Å². The highest BCUT2D eigenvalue weighted by Crippen LogP contribution is 2.62. The zero-order valence-electron chi connectivity index (χ0n) is 15.8. The molecule has 3 aliphatic heterocycles. The number of aliphatic hydroxyl groups is 1. The predicted octanol–water partition coefficient (Wildman–Crippen LogP) is 3.76. The number of rotatable bonds is 0. The first kappa shape index (κ1) is 17.5. The average Bonchev–Trinajstić information content (AvgIpc) is 3.29. The molecule has 4 aliphatic rings. The minimum absolute atomic E-state index is 0.00887. The fourth-order valence-electron chi connectivity index (χ4n) is 5.31. The maximum Gasteiger partial charge on any atom is 0.312 e. The summed E-state index contributed by atoms with van der Waals surface area (Å²) < 4.78 is 12.3. The summed E-state index contributed by atoms with van der Waals surface area (Å²) in [7, 11) is 0. The molecule has 4 nitrogen and oxygen atoms in total. The van der Waals surface area contributed by atoms with E-state index in [2.05, 4.69) is 19.9 Å². The molecule has 0 radical (unpaired) electrons. The number of carbonyl (C=O) groups excluding carboxylic acids is 1. The Kier molecular flexibility index (Phi) is 4.27. The molecule has 6 atom stereocenters. The molecule has 25 heavy (non-hydrogen) atoms. The molecule has 1 saturated carbocycles. The van der Waals surface area contributed by atoms with Gasteiger partial charge < -0.3 is 14.6 Å². The maximum atomic E-state index is 12.5. The van der Waals surface area contributed by atoms with Crippen LogP contribution in [0.1, 0.15) is 72.1 Å².